The van der Waals surface area contributed by atoms with Crippen molar-refractivity contribution in [2.45, 2.75) is 12.8 Å². The molecule has 86 valence electrons. The lowest BCUT2D eigenvalue weighted by Gasteiger charge is -2.01. The molecule has 0 aliphatic heterocycles. The van der Waals surface area contributed by atoms with Gasteiger partial charge in [0.1, 0.15) is 11.6 Å². The monoisotopic (exact) mass is 228 g/mol. The third kappa shape index (κ3) is 3.42. The molecular formula is C11H10F2O3. The van der Waals surface area contributed by atoms with Gasteiger partial charge in [-0.3, -0.25) is 9.59 Å². The van der Waals surface area contributed by atoms with Crippen LogP contribution in [0.4, 0.5) is 8.78 Å². The second kappa shape index (κ2) is 5.34. The van der Waals surface area contributed by atoms with Gasteiger partial charge in [-0.05, 0) is 12.1 Å². The van der Waals surface area contributed by atoms with Crippen LogP contribution in [0.2, 0.25) is 0 Å². The molecule has 0 heterocycles. The highest BCUT2D eigenvalue weighted by Gasteiger charge is 2.11. The molecule has 0 saturated carbocycles. The van der Waals surface area contributed by atoms with Crippen LogP contribution in [0.1, 0.15) is 23.2 Å². The number of hydrogen-bond acceptors (Lipinski definition) is 3. The van der Waals surface area contributed by atoms with E-state index in [2.05, 4.69) is 4.74 Å². The Kier molecular flexibility index (Phi) is 4.10. The standard InChI is InChI=1S/C11H10F2O3/c1-16-11(15)3-2-10(14)7-4-8(12)6-9(13)5-7/h4-6H,2-3H2,1H3. The number of Topliss-reactive ketones (excluding diaryl/α,β-unsaturated/α-hetero) is 1. The lowest BCUT2D eigenvalue weighted by Crippen LogP contribution is -2.06. The number of methoxy groups -OCH3 is 1. The summed E-state index contributed by atoms with van der Waals surface area (Å²) in [5, 5.41) is 0. The van der Waals surface area contributed by atoms with E-state index in [4.69, 9.17) is 0 Å². The molecule has 0 bridgehead atoms. The molecule has 1 rings (SSSR count). The summed E-state index contributed by atoms with van der Waals surface area (Å²) in [5.74, 6) is -2.67. The fourth-order valence-electron chi connectivity index (χ4n) is 1.18. The van der Waals surface area contributed by atoms with E-state index < -0.39 is 23.4 Å². The molecule has 0 atom stereocenters. The molecule has 0 aliphatic carbocycles. The first kappa shape index (κ1) is 12.3. The van der Waals surface area contributed by atoms with Crippen LogP contribution in [0.5, 0.6) is 0 Å². The van der Waals surface area contributed by atoms with Gasteiger partial charge >= 0.3 is 5.97 Å². The molecule has 0 aromatic heterocycles. The zero-order valence-corrected chi connectivity index (χ0v) is 8.63. The van der Waals surface area contributed by atoms with Crippen LogP contribution in [-0.4, -0.2) is 18.9 Å². The van der Waals surface area contributed by atoms with Crippen molar-refractivity contribution in [1.29, 1.82) is 0 Å². The minimum atomic E-state index is -0.818. The predicted octanol–water partition coefficient (Wildman–Crippen LogP) is 2.10. The van der Waals surface area contributed by atoms with E-state index in [-0.39, 0.29) is 18.4 Å². The Hall–Kier alpha value is -1.78. The quantitative estimate of drug-likeness (QED) is 0.585. The molecular weight excluding hydrogens is 218 g/mol. The Bertz CT molecular complexity index is 395. The van der Waals surface area contributed by atoms with Gasteiger partial charge in [0.2, 0.25) is 0 Å². The second-order valence-electron chi connectivity index (χ2n) is 3.16. The van der Waals surface area contributed by atoms with Crippen molar-refractivity contribution >= 4 is 11.8 Å². The van der Waals surface area contributed by atoms with Crippen molar-refractivity contribution in [1.82, 2.24) is 0 Å². The second-order valence-corrected chi connectivity index (χ2v) is 3.16. The molecule has 16 heavy (non-hydrogen) atoms. The average molecular weight is 228 g/mol. The molecule has 1 aromatic carbocycles. The van der Waals surface area contributed by atoms with E-state index in [1.807, 2.05) is 0 Å². The minimum absolute atomic E-state index is 0.0820. The van der Waals surface area contributed by atoms with Crippen LogP contribution in [0.15, 0.2) is 18.2 Å². The molecule has 0 fully saturated rings. The van der Waals surface area contributed by atoms with Gasteiger partial charge in [0, 0.05) is 18.1 Å². The number of halogens is 2. The molecule has 3 nitrogen and oxygen atoms in total. The van der Waals surface area contributed by atoms with Crippen LogP contribution in [-0.2, 0) is 9.53 Å². The zero-order chi connectivity index (χ0) is 12.1. The predicted molar refractivity (Wildman–Crippen MR) is 51.9 cm³/mol. The fourth-order valence-corrected chi connectivity index (χ4v) is 1.18. The van der Waals surface area contributed by atoms with Gasteiger partial charge < -0.3 is 4.74 Å². The minimum Gasteiger partial charge on any atom is -0.469 e. The highest BCUT2D eigenvalue weighted by molar-refractivity contribution is 5.97. The molecule has 0 saturated heterocycles. The molecule has 0 unspecified atom stereocenters. The average Bonchev–Trinajstić information content (AvgIpc) is 2.23. The fraction of sp³-hybridized carbons (Fsp3) is 0.273. The number of ether oxygens (including phenoxy) is 1. The Morgan fingerprint density at radius 3 is 2.19 bits per heavy atom. The summed E-state index contributed by atoms with van der Waals surface area (Å²) in [5.41, 5.74) is -0.0820. The lowest BCUT2D eigenvalue weighted by atomic mass is 10.1. The van der Waals surface area contributed by atoms with Crippen LogP contribution < -0.4 is 0 Å². The topological polar surface area (TPSA) is 43.4 Å². The largest absolute Gasteiger partial charge is 0.469 e. The Morgan fingerprint density at radius 2 is 1.69 bits per heavy atom. The first-order chi connectivity index (χ1) is 7.52. The Labute approximate surface area is 91.0 Å². The molecule has 0 radical (unpaired) electrons. The van der Waals surface area contributed by atoms with Gasteiger partial charge in [0.05, 0.1) is 13.5 Å². The number of rotatable bonds is 4. The molecule has 5 heteroatoms. The van der Waals surface area contributed by atoms with E-state index in [0.29, 0.717) is 6.07 Å². The molecule has 0 aliphatic rings. The van der Waals surface area contributed by atoms with Gasteiger partial charge in [-0.25, -0.2) is 8.78 Å². The number of benzene rings is 1. The van der Waals surface area contributed by atoms with Crippen LogP contribution in [0.25, 0.3) is 0 Å². The lowest BCUT2D eigenvalue weighted by molar-refractivity contribution is -0.140. The molecule has 1 aromatic rings. The zero-order valence-electron chi connectivity index (χ0n) is 8.63. The maximum absolute atomic E-state index is 12.8. The van der Waals surface area contributed by atoms with Crippen LogP contribution in [0, 0.1) is 11.6 Å². The van der Waals surface area contributed by atoms with E-state index in [1.54, 1.807) is 0 Å². The van der Waals surface area contributed by atoms with Crippen molar-refractivity contribution < 1.29 is 23.1 Å². The first-order valence-electron chi connectivity index (χ1n) is 4.59. The van der Waals surface area contributed by atoms with Gasteiger partial charge in [-0.2, -0.15) is 0 Å². The van der Waals surface area contributed by atoms with Gasteiger partial charge in [-0.15, -0.1) is 0 Å². The van der Waals surface area contributed by atoms with Gasteiger partial charge in [0.15, 0.2) is 5.78 Å². The molecule has 0 spiro atoms. The number of esters is 1. The van der Waals surface area contributed by atoms with Crippen molar-refractivity contribution in [3.63, 3.8) is 0 Å². The maximum atomic E-state index is 12.8. The third-order valence-electron chi connectivity index (χ3n) is 1.97. The molecule has 0 amide bonds. The summed E-state index contributed by atoms with van der Waals surface area (Å²) in [4.78, 5) is 22.2. The third-order valence-corrected chi connectivity index (χ3v) is 1.97. The highest BCUT2D eigenvalue weighted by atomic mass is 19.1. The number of ketones is 1. The van der Waals surface area contributed by atoms with Crippen molar-refractivity contribution in [2.75, 3.05) is 7.11 Å². The SMILES string of the molecule is COC(=O)CCC(=O)c1cc(F)cc(F)c1. The van der Waals surface area contributed by atoms with Crippen molar-refractivity contribution in [2.24, 2.45) is 0 Å². The van der Waals surface area contributed by atoms with E-state index in [9.17, 15) is 18.4 Å². The van der Waals surface area contributed by atoms with Crippen molar-refractivity contribution in [3.8, 4) is 0 Å². The maximum Gasteiger partial charge on any atom is 0.305 e. The Balaban J connectivity index is 2.69. The van der Waals surface area contributed by atoms with Crippen molar-refractivity contribution in [3.05, 3.63) is 35.4 Å². The van der Waals surface area contributed by atoms with Gasteiger partial charge in [-0.1, -0.05) is 0 Å². The number of hydrogen-bond donors (Lipinski definition) is 0. The number of carbonyl (C=O) groups excluding carboxylic acids is 2. The van der Waals surface area contributed by atoms with Crippen LogP contribution in [0.3, 0.4) is 0 Å². The summed E-state index contributed by atoms with van der Waals surface area (Å²) in [6.07, 6.45) is -0.233. The molecule has 0 N–H and O–H groups in total. The summed E-state index contributed by atoms with van der Waals surface area (Å²) in [7, 11) is 1.20. The van der Waals surface area contributed by atoms with Crippen LogP contribution >= 0.6 is 0 Å². The Morgan fingerprint density at radius 1 is 1.12 bits per heavy atom. The normalized spacial score (nSPS) is 9.94. The summed E-state index contributed by atoms with van der Waals surface area (Å²) < 4.78 is 29.9. The van der Waals surface area contributed by atoms with E-state index >= 15 is 0 Å². The summed E-state index contributed by atoms with van der Waals surface area (Å²) in [6, 6.07) is 2.54. The van der Waals surface area contributed by atoms with E-state index in [1.165, 1.54) is 7.11 Å². The highest BCUT2D eigenvalue weighted by Crippen LogP contribution is 2.11. The summed E-state index contributed by atoms with van der Waals surface area (Å²) in [6.45, 7) is 0. The number of carbonyl (C=O) groups is 2. The smallest absolute Gasteiger partial charge is 0.305 e. The van der Waals surface area contributed by atoms with E-state index in [0.717, 1.165) is 12.1 Å². The first-order valence-corrected chi connectivity index (χ1v) is 4.59. The summed E-state index contributed by atoms with van der Waals surface area (Å²) >= 11 is 0. The van der Waals surface area contributed by atoms with Gasteiger partial charge in [0.25, 0.3) is 0 Å².